The second-order valence-corrected chi connectivity index (χ2v) is 6.65. The average molecular weight is 305 g/mol. The molecule has 0 saturated heterocycles. The first kappa shape index (κ1) is 15.5. The Morgan fingerprint density at radius 1 is 1.10 bits per heavy atom. The molecule has 0 aliphatic heterocycles. The summed E-state index contributed by atoms with van der Waals surface area (Å²) < 4.78 is 32.5. The van der Waals surface area contributed by atoms with Crippen LogP contribution in [-0.4, -0.2) is 15.5 Å². The molecule has 4 nitrogen and oxygen atoms in total. The predicted molar refractivity (Wildman–Crippen MR) is 82.9 cm³/mol. The third-order valence-electron chi connectivity index (χ3n) is 3.26. The number of sulfonamides is 1. The van der Waals surface area contributed by atoms with Crippen LogP contribution in [0.1, 0.15) is 24.1 Å². The van der Waals surface area contributed by atoms with Gasteiger partial charge in [-0.3, -0.25) is 0 Å². The Morgan fingerprint density at radius 3 is 2.38 bits per heavy atom. The maximum absolute atomic E-state index is 12.3. The van der Waals surface area contributed by atoms with Gasteiger partial charge in [-0.2, -0.15) is 0 Å². The van der Waals surface area contributed by atoms with Gasteiger partial charge >= 0.3 is 0 Å². The molecular weight excluding hydrogens is 286 g/mol. The minimum absolute atomic E-state index is 0.267. The average Bonchev–Trinajstić information content (AvgIpc) is 2.47. The first-order valence-corrected chi connectivity index (χ1v) is 8.13. The molecule has 0 unspecified atom stereocenters. The quantitative estimate of drug-likeness (QED) is 0.923. The molecule has 0 spiro atoms. The summed E-state index contributed by atoms with van der Waals surface area (Å²) in [7, 11) is -1.95. The molecule has 5 heteroatoms. The van der Waals surface area contributed by atoms with Gasteiger partial charge in [0, 0.05) is 6.04 Å². The predicted octanol–water partition coefficient (Wildman–Crippen LogP) is 3.04. The van der Waals surface area contributed by atoms with E-state index in [1.807, 2.05) is 31.2 Å². The van der Waals surface area contributed by atoms with Crippen molar-refractivity contribution >= 4 is 10.0 Å². The largest absolute Gasteiger partial charge is 0.497 e. The Labute approximate surface area is 125 Å². The van der Waals surface area contributed by atoms with E-state index in [0.29, 0.717) is 5.75 Å². The van der Waals surface area contributed by atoms with Crippen LogP contribution >= 0.6 is 0 Å². The number of methoxy groups -OCH3 is 1. The van der Waals surface area contributed by atoms with Gasteiger partial charge in [0.1, 0.15) is 5.75 Å². The standard InChI is InChI=1S/C16H19NO3S/c1-12-7-9-16(10-8-12)21(18,19)17-13(2)14-5-4-6-15(11-14)20-3/h4-11,13,17H,1-3H3/t13-/m0/s1. The number of ether oxygens (including phenoxy) is 1. The lowest BCUT2D eigenvalue weighted by Gasteiger charge is -2.15. The van der Waals surface area contributed by atoms with Crippen LogP contribution in [-0.2, 0) is 10.0 Å². The molecule has 1 atom stereocenters. The molecule has 0 amide bonds. The van der Waals surface area contributed by atoms with Crippen molar-refractivity contribution in [3.05, 3.63) is 59.7 Å². The minimum Gasteiger partial charge on any atom is -0.497 e. The van der Waals surface area contributed by atoms with Crippen molar-refractivity contribution in [3.8, 4) is 5.75 Å². The molecule has 0 aromatic heterocycles. The highest BCUT2D eigenvalue weighted by Gasteiger charge is 2.18. The monoisotopic (exact) mass is 305 g/mol. The van der Waals surface area contributed by atoms with Gasteiger partial charge in [-0.05, 0) is 43.7 Å². The molecule has 0 aliphatic carbocycles. The Balaban J connectivity index is 2.21. The maximum atomic E-state index is 12.3. The third-order valence-corrected chi connectivity index (χ3v) is 4.81. The van der Waals surface area contributed by atoms with Crippen molar-refractivity contribution in [2.75, 3.05) is 7.11 Å². The normalized spacial score (nSPS) is 12.9. The molecule has 21 heavy (non-hydrogen) atoms. The van der Waals surface area contributed by atoms with E-state index < -0.39 is 10.0 Å². The third kappa shape index (κ3) is 3.83. The minimum atomic E-state index is -3.53. The highest BCUT2D eigenvalue weighted by Crippen LogP contribution is 2.21. The molecule has 1 N–H and O–H groups in total. The van der Waals surface area contributed by atoms with E-state index in [1.54, 1.807) is 38.3 Å². The Morgan fingerprint density at radius 2 is 1.76 bits per heavy atom. The van der Waals surface area contributed by atoms with Gasteiger partial charge < -0.3 is 4.74 Å². The van der Waals surface area contributed by atoms with Gasteiger partial charge in [0.25, 0.3) is 0 Å². The van der Waals surface area contributed by atoms with Crippen LogP contribution < -0.4 is 9.46 Å². The van der Waals surface area contributed by atoms with Crippen molar-refractivity contribution in [3.63, 3.8) is 0 Å². The highest BCUT2D eigenvalue weighted by molar-refractivity contribution is 7.89. The van der Waals surface area contributed by atoms with Crippen LogP contribution in [0.15, 0.2) is 53.4 Å². The molecule has 0 saturated carbocycles. The zero-order valence-corrected chi connectivity index (χ0v) is 13.1. The van der Waals surface area contributed by atoms with E-state index in [-0.39, 0.29) is 10.9 Å². The zero-order chi connectivity index (χ0) is 15.5. The van der Waals surface area contributed by atoms with Gasteiger partial charge in [-0.1, -0.05) is 29.8 Å². The zero-order valence-electron chi connectivity index (χ0n) is 12.3. The smallest absolute Gasteiger partial charge is 0.241 e. The van der Waals surface area contributed by atoms with Gasteiger partial charge in [0.2, 0.25) is 10.0 Å². The lowest BCUT2D eigenvalue weighted by molar-refractivity contribution is 0.413. The molecule has 0 aliphatic rings. The molecule has 0 radical (unpaired) electrons. The first-order valence-electron chi connectivity index (χ1n) is 6.65. The molecule has 2 aromatic rings. The number of hydrogen-bond donors (Lipinski definition) is 1. The van der Waals surface area contributed by atoms with Crippen molar-refractivity contribution < 1.29 is 13.2 Å². The fourth-order valence-electron chi connectivity index (χ4n) is 2.00. The molecule has 2 rings (SSSR count). The molecule has 0 bridgehead atoms. The van der Waals surface area contributed by atoms with E-state index >= 15 is 0 Å². The van der Waals surface area contributed by atoms with Crippen LogP contribution in [0, 0.1) is 6.92 Å². The van der Waals surface area contributed by atoms with E-state index in [0.717, 1.165) is 11.1 Å². The van der Waals surface area contributed by atoms with Crippen molar-refractivity contribution in [2.45, 2.75) is 24.8 Å². The SMILES string of the molecule is COc1cccc([C@H](C)NS(=O)(=O)c2ccc(C)cc2)c1. The van der Waals surface area contributed by atoms with Gasteiger partial charge in [-0.25, -0.2) is 13.1 Å². The summed E-state index contributed by atoms with van der Waals surface area (Å²) in [5.74, 6) is 0.703. The van der Waals surface area contributed by atoms with E-state index in [2.05, 4.69) is 4.72 Å². The van der Waals surface area contributed by atoms with E-state index in [4.69, 9.17) is 4.74 Å². The number of aryl methyl sites for hydroxylation is 1. The number of hydrogen-bond acceptors (Lipinski definition) is 3. The number of nitrogens with one attached hydrogen (secondary N) is 1. The van der Waals surface area contributed by atoms with E-state index in [1.165, 1.54) is 0 Å². The molecular formula is C16H19NO3S. The van der Waals surface area contributed by atoms with E-state index in [9.17, 15) is 8.42 Å². The summed E-state index contributed by atoms with van der Waals surface area (Å²) in [5, 5.41) is 0. The highest BCUT2D eigenvalue weighted by atomic mass is 32.2. The Hall–Kier alpha value is -1.85. The van der Waals surface area contributed by atoms with Crippen LogP contribution in [0.25, 0.3) is 0 Å². The summed E-state index contributed by atoms with van der Waals surface area (Å²) in [5.41, 5.74) is 1.87. The summed E-state index contributed by atoms with van der Waals surface area (Å²) in [6.45, 7) is 3.73. The van der Waals surface area contributed by atoms with Crippen molar-refractivity contribution in [2.24, 2.45) is 0 Å². The summed E-state index contributed by atoms with van der Waals surface area (Å²) in [4.78, 5) is 0.267. The summed E-state index contributed by atoms with van der Waals surface area (Å²) >= 11 is 0. The molecule has 2 aromatic carbocycles. The molecule has 0 heterocycles. The molecule has 112 valence electrons. The van der Waals surface area contributed by atoms with Crippen LogP contribution in [0.2, 0.25) is 0 Å². The van der Waals surface area contributed by atoms with Crippen LogP contribution in [0.4, 0.5) is 0 Å². The Bertz CT molecular complexity index is 709. The number of benzene rings is 2. The van der Waals surface area contributed by atoms with Gasteiger partial charge in [-0.15, -0.1) is 0 Å². The lowest BCUT2D eigenvalue weighted by atomic mass is 10.1. The van der Waals surface area contributed by atoms with Crippen LogP contribution in [0.3, 0.4) is 0 Å². The lowest BCUT2D eigenvalue weighted by Crippen LogP contribution is -2.26. The fourth-order valence-corrected chi connectivity index (χ4v) is 3.23. The van der Waals surface area contributed by atoms with Crippen LogP contribution in [0.5, 0.6) is 5.75 Å². The number of rotatable bonds is 5. The second kappa shape index (κ2) is 6.28. The first-order chi connectivity index (χ1) is 9.92. The van der Waals surface area contributed by atoms with Crippen molar-refractivity contribution in [1.29, 1.82) is 0 Å². The van der Waals surface area contributed by atoms with Gasteiger partial charge in [0.05, 0.1) is 12.0 Å². The maximum Gasteiger partial charge on any atom is 0.241 e. The topological polar surface area (TPSA) is 55.4 Å². The summed E-state index contributed by atoms with van der Waals surface area (Å²) in [6, 6.07) is 13.8. The molecule has 0 fully saturated rings. The van der Waals surface area contributed by atoms with Crippen molar-refractivity contribution in [1.82, 2.24) is 4.72 Å². The second-order valence-electron chi connectivity index (χ2n) is 4.93. The Kier molecular flexibility index (Phi) is 4.65. The van der Waals surface area contributed by atoms with Gasteiger partial charge in [0.15, 0.2) is 0 Å². The fraction of sp³-hybridized carbons (Fsp3) is 0.250. The summed E-state index contributed by atoms with van der Waals surface area (Å²) in [6.07, 6.45) is 0.